The number of carbonyl (C=O) groups excluding carboxylic acids is 1. The van der Waals surface area contributed by atoms with Crippen LogP contribution in [0.2, 0.25) is 0 Å². The van der Waals surface area contributed by atoms with Gasteiger partial charge in [-0.25, -0.2) is 0 Å². The van der Waals surface area contributed by atoms with Crippen molar-refractivity contribution in [1.29, 1.82) is 0 Å². The third-order valence-electron chi connectivity index (χ3n) is 5.90. The number of aromatic amines is 1. The second kappa shape index (κ2) is 8.37. The number of aromatic nitrogens is 1. The van der Waals surface area contributed by atoms with Crippen molar-refractivity contribution in [1.82, 2.24) is 4.98 Å². The van der Waals surface area contributed by atoms with Crippen molar-refractivity contribution in [3.8, 4) is 0 Å². The molecule has 0 spiro atoms. The third-order valence-corrected chi connectivity index (χ3v) is 5.90. The van der Waals surface area contributed by atoms with Gasteiger partial charge in [-0.2, -0.15) is 26.3 Å². The van der Waals surface area contributed by atoms with Gasteiger partial charge in [-0.1, -0.05) is 6.07 Å². The van der Waals surface area contributed by atoms with Crippen molar-refractivity contribution in [2.24, 2.45) is 0 Å². The number of nitrogens with one attached hydrogen (secondary N) is 2. The van der Waals surface area contributed by atoms with Crippen LogP contribution >= 0.6 is 0 Å². The molecule has 1 amide bonds. The van der Waals surface area contributed by atoms with E-state index in [0.29, 0.717) is 18.3 Å². The molecule has 1 fully saturated rings. The first kappa shape index (κ1) is 23.7. The summed E-state index contributed by atoms with van der Waals surface area (Å²) in [6, 6.07) is 6.51. The smallest absolute Gasteiger partial charge is 0.369 e. The quantitative estimate of drug-likeness (QED) is 0.463. The molecule has 2 N–H and O–H groups in total. The molecule has 34 heavy (non-hydrogen) atoms. The number of pyridine rings is 1. The Bertz CT molecular complexity index is 1310. The number of anilines is 2. The highest BCUT2D eigenvalue weighted by Crippen LogP contribution is 2.39. The summed E-state index contributed by atoms with van der Waals surface area (Å²) in [6.07, 6.45) is -7.13. The predicted octanol–water partition coefficient (Wildman–Crippen LogP) is 5.81. The zero-order valence-corrected chi connectivity index (χ0v) is 17.8. The molecule has 0 radical (unpaired) electrons. The van der Waals surface area contributed by atoms with Gasteiger partial charge in [0, 0.05) is 30.0 Å². The highest BCUT2D eigenvalue weighted by atomic mass is 19.4. The molecule has 0 saturated carbocycles. The molecule has 11 heteroatoms. The number of alkyl halides is 6. The van der Waals surface area contributed by atoms with Gasteiger partial charge in [0.25, 0.3) is 5.91 Å². The van der Waals surface area contributed by atoms with Crippen LogP contribution in [0.3, 0.4) is 0 Å². The van der Waals surface area contributed by atoms with Crippen LogP contribution in [0.4, 0.5) is 37.7 Å². The van der Waals surface area contributed by atoms with Crippen LogP contribution in [0.5, 0.6) is 0 Å². The number of halogens is 6. The summed E-state index contributed by atoms with van der Waals surface area (Å²) in [7, 11) is 0. The molecule has 3 aromatic rings. The Balaban J connectivity index is 1.74. The fourth-order valence-corrected chi connectivity index (χ4v) is 4.23. The number of rotatable bonds is 3. The largest absolute Gasteiger partial charge is 0.418 e. The van der Waals surface area contributed by atoms with Gasteiger partial charge in [0.2, 0.25) is 5.43 Å². The van der Waals surface area contributed by atoms with E-state index < -0.39 is 51.5 Å². The molecule has 0 aliphatic carbocycles. The van der Waals surface area contributed by atoms with Crippen molar-refractivity contribution in [2.75, 3.05) is 16.8 Å². The lowest BCUT2D eigenvalue weighted by Gasteiger charge is -2.25. The maximum absolute atomic E-state index is 13.8. The van der Waals surface area contributed by atoms with Gasteiger partial charge in [-0.3, -0.25) is 9.59 Å². The van der Waals surface area contributed by atoms with Gasteiger partial charge >= 0.3 is 12.4 Å². The number of amides is 1. The lowest BCUT2D eigenvalue weighted by Crippen LogP contribution is -2.27. The minimum Gasteiger partial charge on any atom is -0.369 e. The van der Waals surface area contributed by atoms with E-state index in [0.717, 1.165) is 37.2 Å². The number of benzene rings is 2. The van der Waals surface area contributed by atoms with Gasteiger partial charge in [0.1, 0.15) is 5.56 Å². The Morgan fingerprint density at radius 1 is 1.06 bits per heavy atom. The average Bonchev–Trinajstić information content (AvgIpc) is 3.18. The van der Waals surface area contributed by atoms with E-state index in [2.05, 4.69) is 4.98 Å². The first-order chi connectivity index (χ1) is 15.9. The van der Waals surface area contributed by atoms with Crippen molar-refractivity contribution >= 4 is 28.2 Å². The number of hydrogen-bond donors (Lipinski definition) is 2. The predicted molar refractivity (Wildman–Crippen MR) is 115 cm³/mol. The van der Waals surface area contributed by atoms with Crippen molar-refractivity contribution < 1.29 is 31.1 Å². The summed E-state index contributed by atoms with van der Waals surface area (Å²) in [5.74, 6) is -1.26. The first-order valence-electron chi connectivity index (χ1n) is 10.4. The minimum absolute atomic E-state index is 0.0560. The standard InChI is InChI=1S/C23H19F6N3O2/c1-12-4-3-9-32(12)13-7-8-17(16(10-13)23(27,28)29)31-21(34)14-11-30-18-6-2-5-15(22(24,25)26)19(18)20(14)33/h2,5-8,10-12H,3-4,9H2,1H3,(H,30,33)(H,31,34)/t12-/m1/s1. The lowest BCUT2D eigenvalue weighted by atomic mass is 10.0. The summed E-state index contributed by atoms with van der Waals surface area (Å²) in [4.78, 5) is 29.8. The second-order valence-electron chi connectivity index (χ2n) is 8.12. The van der Waals surface area contributed by atoms with E-state index in [9.17, 15) is 35.9 Å². The Hall–Kier alpha value is -3.50. The fraction of sp³-hybridized carbons (Fsp3) is 0.304. The Kier molecular flexibility index (Phi) is 5.82. The normalized spacial score (nSPS) is 16.8. The van der Waals surface area contributed by atoms with Crippen LogP contribution in [0.25, 0.3) is 10.9 Å². The summed E-state index contributed by atoms with van der Waals surface area (Å²) in [5.41, 5.74) is -4.77. The zero-order valence-electron chi connectivity index (χ0n) is 17.8. The highest BCUT2D eigenvalue weighted by molar-refractivity contribution is 6.06. The molecule has 0 bridgehead atoms. The van der Waals surface area contributed by atoms with Crippen molar-refractivity contribution in [3.63, 3.8) is 0 Å². The number of fused-ring (bicyclic) bond motifs is 1. The zero-order chi connectivity index (χ0) is 24.8. The van der Waals surface area contributed by atoms with E-state index in [4.69, 9.17) is 0 Å². The molecule has 4 rings (SSSR count). The molecule has 0 unspecified atom stereocenters. The summed E-state index contributed by atoms with van der Waals surface area (Å²) in [5, 5.41) is 1.28. The SMILES string of the molecule is C[C@@H]1CCCN1c1ccc(NC(=O)c2c[nH]c3cccc(C(F)(F)F)c3c2=O)c(C(F)(F)F)c1. The molecular weight excluding hydrogens is 464 g/mol. The molecule has 1 atom stereocenters. The van der Waals surface area contributed by atoms with E-state index in [1.807, 2.05) is 17.1 Å². The molecule has 2 heterocycles. The first-order valence-corrected chi connectivity index (χ1v) is 10.4. The molecule has 2 aromatic carbocycles. The molecular formula is C23H19F6N3O2. The molecule has 1 aliphatic heterocycles. The summed E-state index contributed by atoms with van der Waals surface area (Å²) < 4.78 is 81.4. The molecule has 1 aliphatic rings. The number of hydrogen-bond acceptors (Lipinski definition) is 3. The average molecular weight is 483 g/mol. The van der Waals surface area contributed by atoms with Crippen LogP contribution in [0.1, 0.15) is 41.3 Å². The summed E-state index contributed by atoms with van der Waals surface area (Å²) in [6.45, 7) is 2.50. The molecule has 180 valence electrons. The topological polar surface area (TPSA) is 65.2 Å². The van der Waals surface area contributed by atoms with E-state index >= 15 is 0 Å². The maximum atomic E-state index is 13.8. The van der Waals surface area contributed by atoms with E-state index in [1.54, 1.807) is 0 Å². The van der Waals surface area contributed by atoms with Crippen LogP contribution in [0, 0.1) is 0 Å². The maximum Gasteiger partial charge on any atom is 0.418 e. The Labute approximate surface area is 189 Å². The van der Waals surface area contributed by atoms with Gasteiger partial charge in [-0.15, -0.1) is 0 Å². The Morgan fingerprint density at radius 2 is 1.76 bits per heavy atom. The van der Waals surface area contributed by atoms with Gasteiger partial charge in [0.05, 0.1) is 22.2 Å². The van der Waals surface area contributed by atoms with Gasteiger partial charge in [0.15, 0.2) is 0 Å². The summed E-state index contributed by atoms with van der Waals surface area (Å²) >= 11 is 0. The second-order valence-corrected chi connectivity index (χ2v) is 8.12. The van der Waals surface area contributed by atoms with Gasteiger partial charge in [-0.05, 0) is 50.1 Å². The number of carbonyl (C=O) groups is 1. The lowest BCUT2D eigenvalue weighted by molar-refractivity contribution is -0.137. The van der Waals surface area contributed by atoms with Crippen LogP contribution in [-0.2, 0) is 12.4 Å². The number of H-pyrrole nitrogens is 1. The van der Waals surface area contributed by atoms with Crippen LogP contribution < -0.4 is 15.6 Å². The molecule has 5 nitrogen and oxygen atoms in total. The minimum atomic E-state index is -4.87. The van der Waals surface area contributed by atoms with Crippen LogP contribution in [-0.4, -0.2) is 23.5 Å². The van der Waals surface area contributed by atoms with Crippen LogP contribution in [0.15, 0.2) is 47.4 Å². The van der Waals surface area contributed by atoms with Crippen molar-refractivity contribution in [3.05, 3.63) is 69.5 Å². The fourth-order valence-electron chi connectivity index (χ4n) is 4.23. The van der Waals surface area contributed by atoms with E-state index in [-0.39, 0.29) is 11.6 Å². The monoisotopic (exact) mass is 483 g/mol. The molecule has 1 aromatic heterocycles. The number of nitrogens with zero attached hydrogens (tertiary/aromatic N) is 1. The van der Waals surface area contributed by atoms with Crippen molar-refractivity contribution in [2.45, 2.75) is 38.2 Å². The van der Waals surface area contributed by atoms with Gasteiger partial charge < -0.3 is 15.2 Å². The highest BCUT2D eigenvalue weighted by Gasteiger charge is 2.36. The molecule has 1 saturated heterocycles. The van der Waals surface area contributed by atoms with E-state index in [1.165, 1.54) is 12.1 Å². The Morgan fingerprint density at radius 3 is 2.38 bits per heavy atom. The third kappa shape index (κ3) is 4.34.